The van der Waals surface area contributed by atoms with Crippen LogP contribution in [-0.2, 0) is 0 Å². The topological polar surface area (TPSA) is 0 Å². The van der Waals surface area contributed by atoms with E-state index in [1.54, 1.807) is 0 Å². The Kier molecular flexibility index (Phi) is 112. The number of hydrogen-bond donors (Lipinski definition) is 0. The van der Waals surface area contributed by atoms with Gasteiger partial charge in [-0.15, -0.1) is 24.8 Å². The van der Waals surface area contributed by atoms with Gasteiger partial charge in [0.05, 0.1) is 0 Å². The molecule has 0 radical (unpaired) electrons. The van der Waals surface area contributed by atoms with E-state index in [0.717, 1.165) is 0 Å². The molecule has 0 bridgehead atoms. The summed E-state index contributed by atoms with van der Waals surface area (Å²) in [6.45, 7) is 0. The van der Waals surface area contributed by atoms with Crippen LogP contribution in [0, 0.1) is 0 Å². The molecule has 0 N–H and O–H groups in total. The van der Waals surface area contributed by atoms with Crippen molar-refractivity contribution in [1.82, 2.24) is 0 Å². The molecule has 0 aliphatic carbocycles. The van der Waals surface area contributed by atoms with Crippen molar-refractivity contribution < 1.29 is 0 Å². The fourth-order valence-corrected chi connectivity index (χ4v) is 0. The summed E-state index contributed by atoms with van der Waals surface area (Å²) in [7, 11) is 0. The van der Waals surface area contributed by atoms with Crippen molar-refractivity contribution in [2.75, 3.05) is 0 Å². The van der Waals surface area contributed by atoms with Gasteiger partial charge in [-0.2, -0.15) is 0 Å². The molecule has 0 spiro atoms. The van der Waals surface area contributed by atoms with E-state index in [-0.39, 0.29) is 111 Å². The van der Waals surface area contributed by atoms with Gasteiger partial charge in [-0.1, -0.05) is 0 Å². The van der Waals surface area contributed by atoms with Crippen molar-refractivity contribution in [3.63, 3.8) is 0 Å². The van der Waals surface area contributed by atoms with Gasteiger partial charge < -0.3 is 0 Å². The van der Waals surface area contributed by atoms with Crippen LogP contribution in [0.2, 0.25) is 0 Å². The summed E-state index contributed by atoms with van der Waals surface area (Å²) in [5.41, 5.74) is 0. The van der Waals surface area contributed by atoms with E-state index < -0.39 is 0 Å². The Morgan fingerprint density at radius 1 is 0.750 bits per heavy atom. The van der Waals surface area contributed by atoms with Gasteiger partial charge in [-0.05, 0) is 0 Å². The zero-order chi connectivity index (χ0) is 0. The fourth-order valence-electron chi connectivity index (χ4n) is 0. The normalized spacial score (nSPS) is 0. The summed E-state index contributed by atoms with van der Waals surface area (Å²) in [5.74, 6) is 0. The van der Waals surface area contributed by atoms with E-state index >= 15 is 0 Å². The van der Waals surface area contributed by atoms with Crippen LogP contribution >= 0.6 is 24.8 Å². The quantitative estimate of drug-likeness (QED) is 0.474. The Bertz CT molecular complexity index is 6.00. The van der Waals surface area contributed by atoms with Crippen molar-refractivity contribution in [3.05, 3.63) is 0 Å². The molecule has 0 aromatic rings. The molecule has 4 heavy (non-hydrogen) atoms. The number of rotatable bonds is 0. The predicted molar refractivity (Wildman–Crippen MR) is 31.6 cm³/mol. The van der Waals surface area contributed by atoms with E-state index in [1.165, 1.54) is 0 Å². The van der Waals surface area contributed by atoms with Gasteiger partial charge in [0, 0.05) is 0 Å². The molecule has 0 aromatic carbocycles. The second-order valence-electron chi connectivity index (χ2n) is 0. The van der Waals surface area contributed by atoms with Gasteiger partial charge in [-0.25, -0.2) is 0 Å². The Labute approximate surface area is 108 Å². The molecule has 0 amide bonds. The van der Waals surface area contributed by atoms with Gasteiger partial charge in [0.1, 0.15) is 0 Å². The van der Waals surface area contributed by atoms with Crippen molar-refractivity contribution in [1.29, 1.82) is 0 Å². The fraction of sp³-hybridized carbons (Fsp3) is 0. The number of hydrogen-bond acceptors (Lipinski definition) is 0. The average molecular weight is 237 g/mol. The van der Waals surface area contributed by atoms with Gasteiger partial charge in [0.25, 0.3) is 0 Å². The molecule has 0 rings (SSSR count). The first kappa shape index (κ1) is 27.2. The molecule has 4 heteroatoms. The second kappa shape index (κ2) is 16.4. The Morgan fingerprint density at radius 2 is 0.750 bits per heavy atom. The van der Waals surface area contributed by atoms with Crippen LogP contribution in [0.4, 0.5) is 0 Å². The van der Waals surface area contributed by atoms with E-state index in [2.05, 4.69) is 0 Å². The summed E-state index contributed by atoms with van der Waals surface area (Å²) < 4.78 is 0. The van der Waals surface area contributed by atoms with Crippen LogP contribution in [0.25, 0.3) is 0 Å². The zero-order valence-electron chi connectivity index (χ0n) is 0.816. The molecule has 24 valence electrons. The molecule has 0 saturated carbocycles. The first-order chi connectivity index (χ1) is 0. The molecular formula is H6AlCl2Cs. The summed E-state index contributed by atoms with van der Waals surface area (Å²) in [6, 6.07) is 0. The molecule has 0 heterocycles. The van der Waals surface area contributed by atoms with E-state index in [9.17, 15) is 0 Å². The molecule has 0 nitrogen and oxygen atoms in total. The van der Waals surface area contributed by atoms with Crippen LogP contribution < -0.4 is 0 Å². The Hall–Kier alpha value is 3.16. The number of halogens is 2. The Morgan fingerprint density at radius 3 is 0.750 bits per heavy atom. The van der Waals surface area contributed by atoms with Crippen molar-refractivity contribution >= 4 is 111 Å². The minimum atomic E-state index is 0. The maximum atomic E-state index is 0. The molecule has 0 atom stereocenters. The first-order valence-corrected chi connectivity index (χ1v) is 0. The third kappa shape index (κ3) is 8.94. The molecule has 0 fully saturated rings. The summed E-state index contributed by atoms with van der Waals surface area (Å²) >= 11 is 0. The van der Waals surface area contributed by atoms with Crippen LogP contribution in [0.3, 0.4) is 0 Å². The summed E-state index contributed by atoms with van der Waals surface area (Å²) in [4.78, 5) is 0. The average Bonchev–Trinajstić information content (AvgIpc) is 0. The van der Waals surface area contributed by atoms with E-state index in [1.807, 2.05) is 0 Å². The van der Waals surface area contributed by atoms with Crippen LogP contribution in [0.1, 0.15) is 0 Å². The molecule has 0 aromatic heterocycles. The standard InChI is InChI=1S/Al.2ClH.Cs.4H/h;2*1H;;;;;. The molecule has 0 saturated heterocycles. The SMILES string of the molecule is Cl.Cl.[AlH3].[CsH]. The van der Waals surface area contributed by atoms with Crippen LogP contribution in [0.15, 0.2) is 0 Å². The summed E-state index contributed by atoms with van der Waals surface area (Å²) in [5, 5.41) is 0. The summed E-state index contributed by atoms with van der Waals surface area (Å²) in [6.07, 6.45) is 0. The first-order valence-electron chi connectivity index (χ1n) is 0. The van der Waals surface area contributed by atoms with Crippen LogP contribution in [0.5, 0.6) is 0 Å². The third-order valence-electron chi connectivity index (χ3n) is 0. The third-order valence-corrected chi connectivity index (χ3v) is 0. The molecule has 0 aliphatic heterocycles. The van der Waals surface area contributed by atoms with Gasteiger partial charge >= 0.3 is 68.9 Å². The second-order valence-corrected chi connectivity index (χ2v) is 0. The van der Waals surface area contributed by atoms with E-state index in [4.69, 9.17) is 0 Å². The maximum absolute atomic E-state index is 0. The van der Waals surface area contributed by atoms with Crippen molar-refractivity contribution in [3.8, 4) is 0 Å². The van der Waals surface area contributed by atoms with Crippen LogP contribution in [-0.4, -0.2) is 86.3 Å². The van der Waals surface area contributed by atoms with Gasteiger partial charge in [0.15, 0.2) is 17.4 Å². The molecular weight excluding hydrogens is 231 g/mol. The zero-order valence-corrected chi connectivity index (χ0v) is 2.45. The van der Waals surface area contributed by atoms with Crippen molar-refractivity contribution in [2.24, 2.45) is 0 Å². The van der Waals surface area contributed by atoms with Gasteiger partial charge in [-0.3, -0.25) is 0 Å². The molecule has 0 aliphatic rings. The Balaban J connectivity index is 0. The van der Waals surface area contributed by atoms with Crippen molar-refractivity contribution in [2.45, 2.75) is 0 Å². The van der Waals surface area contributed by atoms with E-state index in [0.29, 0.717) is 0 Å². The van der Waals surface area contributed by atoms with Gasteiger partial charge in [0.2, 0.25) is 0 Å². The monoisotopic (exact) mass is 236 g/mol. The minimum absolute atomic E-state index is 0. The molecule has 0 unspecified atom stereocenters. The predicted octanol–water partition coefficient (Wildman–Crippen LogP) is -0.989.